The Bertz CT molecular complexity index is 1110. The molecule has 0 N–H and O–H groups in total. The van der Waals surface area contributed by atoms with Gasteiger partial charge in [0.15, 0.2) is 17.3 Å². The number of aromatic nitrogens is 6. The van der Waals surface area contributed by atoms with Crippen LogP contribution in [0.15, 0.2) is 48.8 Å². The monoisotopic (exact) mass is 395 g/mol. The number of fused-ring (bicyclic) bond motifs is 1. The molecular weight excluding hydrogens is 376 g/mol. The smallest absolute Gasteiger partial charge is 0.178 e. The molecule has 0 amide bonds. The number of hydrogen-bond acceptors (Lipinski definition) is 5. The van der Waals surface area contributed by atoms with Crippen LogP contribution in [0.1, 0.15) is 30.1 Å². The first kappa shape index (κ1) is 17.9. The number of rotatable bonds is 4. The average molecular weight is 395 g/mol. The van der Waals surface area contributed by atoms with Crippen LogP contribution in [0.25, 0.3) is 11.5 Å². The van der Waals surface area contributed by atoms with Crippen molar-refractivity contribution in [2.75, 3.05) is 13.1 Å². The lowest BCUT2D eigenvalue weighted by atomic mass is 9.95. The summed E-state index contributed by atoms with van der Waals surface area (Å²) < 4.78 is 30.3. The van der Waals surface area contributed by atoms with Crippen molar-refractivity contribution in [3.63, 3.8) is 0 Å². The maximum Gasteiger partial charge on any atom is 0.178 e. The Kier molecular flexibility index (Phi) is 4.51. The summed E-state index contributed by atoms with van der Waals surface area (Å²) in [5.41, 5.74) is 1.35. The molecule has 0 bridgehead atoms. The van der Waals surface area contributed by atoms with Gasteiger partial charge in [-0.25, -0.2) is 13.5 Å². The maximum atomic E-state index is 13.4. The summed E-state index contributed by atoms with van der Waals surface area (Å²) in [4.78, 5) is 2.20. The van der Waals surface area contributed by atoms with Gasteiger partial charge in [-0.3, -0.25) is 4.90 Å². The molecule has 0 unspecified atom stereocenters. The highest BCUT2D eigenvalue weighted by molar-refractivity contribution is 5.39. The Balaban J connectivity index is 1.31. The van der Waals surface area contributed by atoms with E-state index in [1.807, 2.05) is 24.4 Å². The molecule has 4 aromatic rings. The van der Waals surface area contributed by atoms with Gasteiger partial charge in [-0.2, -0.15) is 9.61 Å². The molecule has 29 heavy (non-hydrogen) atoms. The van der Waals surface area contributed by atoms with Gasteiger partial charge in [-0.05, 0) is 61.8 Å². The average Bonchev–Trinajstić information content (AvgIpc) is 3.37. The van der Waals surface area contributed by atoms with Crippen molar-refractivity contribution in [1.29, 1.82) is 0 Å². The molecule has 1 aromatic carbocycles. The van der Waals surface area contributed by atoms with E-state index in [4.69, 9.17) is 0 Å². The molecule has 0 aliphatic carbocycles. The van der Waals surface area contributed by atoms with Crippen LogP contribution >= 0.6 is 0 Å². The first-order chi connectivity index (χ1) is 14.2. The summed E-state index contributed by atoms with van der Waals surface area (Å²) in [7, 11) is 0. The fraction of sp³-hybridized carbons (Fsp3) is 0.300. The first-order valence-electron chi connectivity index (χ1n) is 9.55. The highest BCUT2D eigenvalue weighted by Gasteiger charge is 2.25. The molecule has 7 nitrogen and oxygen atoms in total. The highest BCUT2D eigenvalue weighted by atomic mass is 19.1. The molecule has 9 heteroatoms. The SMILES string of the molecule is Fc1cc(F)cc(CN2CCC(c3nnc4ccc(-n5cccn5)nn34)CC2)c1. The van der Waals surface area contributed by atoms with Crippen LogP contribution in [-0.2, 0) is 6.54 Å². The standard InChI is InChI=1S/C20H19F2N7/c21-16-10-14(11-17(22)12-16)13-27-8-4-15(5-9-27)20-25-24-18-2-3-19(26-29(18)20)28-7-1-6-23-28/h1-3,6-7,10-12,15H,4-5,8-9,13H2. The summed E-state index contributed by atoms with van der Waals surface area (Å²) in [6, 6.07) is 9.27. The molecule has 1 aliphatic rings. The van der Waals surface area contributed by atoms with Crippen LogP contribution in [0.3, 0.4) is 0 Å². The van der Waals surface area contributed by atoms with Gasteiger partial charge >= 0.3 is 0 Å². The van der Waals surface area contributed by atoms with E-state index in [-0.39, 0.29) is 5.92 Å². The second kappa shape index (κ2) is 7.32. The van der Waals surface area contributed by atoms with Gasteiger partial charge in [-0.1, -0.05) is 0 Å². The maximum absolute atomic E-state index is 13.4. The van der Waals surface area contributed by atoms with Crippen molar-refractivity contribution in [3.05, 3.63) is 71.8 Å². The molecule has 0 spiro atoms. The van der Waals surface area contributed by atoms with Gasteiger partial charge in [0.25, 0.3) is 0 Å². The molecule has 5 rings (SSSR count). The Hall–Kier alpha value is -3.20. The fourth-order valence-corrected chi connectivity index (χ4v) is 3.89. The van der Waals surface area contributed by atoms with E-state index in [1.165, 1.54) is 12.1 Å². The molecule has 4 heterocycles. The minimum absolute atomic E-state index is 0.228. The summed E-state index contributed by atoms with van der Waals surface area (Å²) in [5, 5.41) is 17.5. The van der Waals surface area contributed by atoms with E-state index in [9.17, 15) is 8.78 Å². The van der Waals surface area contributed by atoms with E-state index in [0.29, 0.717) is 23.6 Å². The number of piperidine rings is 1. The van der Waals surface area contributed by atoms with Crippen LogP contribution in [0.2, 0.25) is 0 Å². The summed E-state index contributed by atoms with van der Waals surface area (Å²) in [5.74, 6) is 0.693. The predicted molar refractivity (Wildman–Crippen MR) is 102 cm³/mol. The van der Waals surface area contributed by atoms with Gasteiger partial charge in [0.05, 0.1) is 0 Å². The molecule has 1 saturated heterocycles. The van der Waals surface area contributed by atoms with Crippen LogP contribution < -0.4 is 0 Å². The summed E-state index contributed by atoms with van der Waals surface area (Å²) in [6.07, 6.45) is 5.31. The lowest BCUT2D eigenvalue weighted by Crippen LogP contribution is -2.33. The normalized spacial score (nSPS) is 15.9. The zero-order chi connectivity index (χ0) is 19.8. The van der Waals surface area contributed by atoms with Crippen LogP contribution in [0.4, 0.5) is 8.78 Å². The van der Waals surface area contributed by atoms with E-state index in [0.717, 1.165) is 37.8 Å². The van der Waals surface area contributed by atoms with Crippen molar-refractivity contribution in [2.24, 2.45) is 0 Å². The Labute approximate surface area is 165 Å². The second-order valence-electron chi connectivity index (χ2n) is 7.30. The number of nitrogens with zero attached hydrogens (tertiary/aromatic N) is 7. The van der Waals surface area contributed by atoms with Crippen molar-refractivity contribution in [1.82, 2.24) is 34.5 Å². The van der Waals surface area contributed by atoms with E-state index >= 15 is 0 Å². The van der Waals surface area contributed by atoms with Crippen molar-refractivity contribution in [2.45, 2.75) is 25.3 Å². The van der Waals surface area contributed by atoms with E-state index in [1.54, 1.807) is 15.4 Å². The lowest BCUT2D eigenvalue weighted by Gasteiger charge is -2.31. The van der Waals surface area contributed by atoms with Crippen molar-refractivity contribution < 1.29 is 8.78 Å². The zero-order valence-corrected chi connectivity index (χ0v) is 15.6. The third kappa shape index (κ3) is 3.61. The molecule has 0 saturated carbocycles. The lowest BCUT2D eigenvalue weighted by molar-refractivity contribution is 0.200. The molecule has 148 valence electrons. The van der Waals surface area contributed by atoms with Gasteiger partial charge in [-0.15, -0.1) is 15.3 Å². The Morgan fingerprint density at radius 3 is 2.52 bits per heavy atom. The second-order valence-corrected chi connectivity index (χ2v) is 7.30. The minimum atomic E-state index is -0.538. The Morgan fingerprint density at radius 2 is 1.79 bits per heavy atom. The van der Waals surface area contributed by atoms with Gasteiger partial charge < -0.3 is 0 Å². The highest BCUT2D eigenvalue weighted by Crippen LogP contribution is 2.28. The third-order valence-electron chi connectivity index (χ3n) is 5.29. The van der Waals surface area contributed by atoms with E-state index in [2.05, 4.69) is 25.3 Å². The van der Waals surface area contributed by atoms with Crippen molar-refractivity contribution in [3.8, 4) is 5.82 Å². The molecular formula is C20H19F2N7. The molecule has 0 atom stereocenters. The largest absolute Gasteiger partial charge is 0.299 e. The predicted octanol–water partition coefficient (Wildman–Crippen LogP) is 2.97. The first-order valence-corrected chi connectivity index (χ1v) is 9.55. The van der Waals surface area contributed by atoms with Crippen LogP contribution in [0.5, 0.6) is 0 Å². The number of likely N-dealkylation sites (tertiary alicyclic amines) is 1. The minimum Gasteiger partial charge on any atom is -0.299 e. The quantitative estimate of drug-likeness (QED) is 0.532. The van der Waals surface area contributed by atoms with Gasteiger partial charge in [0.2, 0.25) is 0 Å². The molecule has 1 aliphatic heterocycles. The zero-order valence-electron chi connectivity index (χ0n) is 15.6. The Morgan fingerprint density at radius 1 is 1.00 bits per heavy atom. The van der Waals surface area contributed by atoms with Crippen molar-refractivity contribution >= 4 is 5.65 Å². The van der Waals surface area contributed by atoms with Gasteiger partial charge in [0, 0.05) is 30.9 Å². The number of benzene rings is 1. The summed E-state index contributed by atoms with van der Waals surface area (Å²) >= 11 is 0. The fourth-order valence-electron chi connectivity index (χ4n) is 3.89. The van der Waals surface area contributed by atoms with Crippen LogP contribution in [-0.4, -0.2) is 47.6 Å². The molecule has 3 aromatic heterocycles. The third-order valence-corrected chi connectivity index (χ3v) is 5.29. The van der Waals surface area contributed by atoms with E-state index < -0.39 is 11.6 Å². The van der Waals surface area contributed by atoms with Gasteiger partial charge in [0.1, 0.15) is 11.6 Å². The number of hydrogen-bond donors (Lipinski definition) is 0. The van der Waals surface area contributed by atoms with Crippen LogP contribution in [0, 0.1) is 11.6 Å². The number of halogens is 2. The molecule has 0 radical (unpaired) electrons. The summed E-state index contributed by atoms with van der Waals surface area (Å²) in [6.45, 7) is 2.16. The topological polar surface area (TPSA) is 64.1 Å². The molecule has 1 fully saturated rings.